The Morgan fingerprint density at radius 3 is 2.74 bits per heavy atom. The molecule has 1 aliphatic heterocycles. The first-order valence-electron chi connectivity index (χ1n) is 6.73. The largest absolute Gasteiger partial charge is 0.380 e. The van der Waals surface area contributed by atoms with Crippen LogP contribution in [-0.2, 0) is 9.53 Å². The van der Waals surface area contributed by atoms with Gasteiger partial charge in [-0.1, -0.05) is 23.7 Å². The number of Topliss-reactive ketones (excluding diaryl/α,β-unsaturated/α-hetero) is 1. The third-order valence-electron chi connectivity index (χ3n) is 3.52. The summed E-state index contributed by atoms with van der Waals surface area (Å²) in [4.78, 5) is 14.2. The third kappa shape index (κ3) is 4.30. The molecule has 0 aromatic heterocycles. The van der Waals surface area contributed by atoms with E-state index < -0.39 is 0 Å². The van der Waals surface area contributed by atoms with Crippen molar-refractivity contribution < 1.29 is 9.53 Å². The average Bonchev–Trinajstić information content (AvgIpc) is 2.65. The molecule has 1 atom stereocenters. The molecule has 0 saturated carbocycles. The van der Waals surface area contributed by atoms with Crippen LogP contribution in [0.25, 0.3) is 0 Å². The second-order valence-corrected chi connectivity index (χ2v) is 5.42. The maximum atomic E-state index is 11.9. The van der Waals surface area contributed by atoms with E-state index in [0.29, 0.717) is 5.02 Å². The van der Waals surface area contributed by atoms with Gasteiger partial charge < -0.3 is 4.74 Å². The Labute approximate surface area is 119 Å². The first-order chi connectivity index (χ1) is 9.16. The minimum Gasteiger partial charge on any atom is -0.380 e. The first-order valence-corrected chi connectivity index (χ1v) is 7.10. The number of carbonyl (C=O) groups is 1. The van der Waals surface area contributed by atoms with Gasteiger partial charge in [0.2, 0.25) is 0 Å². The second kappa shape index (κ2) is 7.04. The van der Waals surface area contributed by atoms with E-state index in [1.54, 1.807) is 6.92 Å². The quantitative estimate of drug-likeness (QED) is 0.850. The molecule has 104 valence electrons. The monoisotopic (exact) mass is 281 g/mol. The van der Waals surface area contributed by atoms with E-state index in [2.05, 4.69) is 4.90 Å². The zero-order chi connectivity index (χ0) is 13.7. The summed E-state index contributed by atoms with van der Waals surface area (Å²) in [6.45, 7) is 5.90. The van der Waals surface area contributed by atoms with Gasteiger partial charge in [-0.2, -0.15) is 0 Å². The Morgan fingerprint density at radius 2 is 2.05 bits per heavy atom. The van der Waals surface area contributed by atoms with Crippen LogP contribution in [0.4, 0.5) is 0 Å². The highest BCUT2D eigenvalue weighted by Crippen LogP contribution is 2.21. The lowest BCUT2D eigenvalue weighted by molar-refractivity contribution is -0.118. The number of rotatable bonds is 4. The van der Waals surface area contributed by atoms with E-state index in [1.807, 2.05) is 24.3 Å². The van der Waals surface area contributed by atoms with Crippen LogP contribution in [-0.4, -0.2) is 43.5 Å². The number of ether oxygens (including phenoxy) is 1. The zero-order valence-corrected chi connectivity index (χ0v) is 12.0. The van der Waals surface area contributed by atoms with Gasteiger partial charge in [0, 0.05) is 31.3 Å². The molecular formula is C15H20ClNO2. The molecule has 0 spiro atoms. The Balaban J connectivity index is 2.07. The molecule has 0 aliphatic carbocycles. The highest BCUT2D eigenvalue weighted by Gasteiger charge is 2.21. The van der Waals surface area contributed by atoms with Crippen molar-refractivity contribution >= 4 is 17.4 Å². The van der Waals surface area contributed by atoms with Gasteiger partial charge in [-0.05, 0) is 31.0 Å². The van der Waals surface area contributed by atoms with Crippen LogP contribution in [0.15, 0.2) is 24.3 Å². The molecule has 19 heavy (non-hydrogen) atoms. The molecule has 1 heterocycles. The lowest BCUT2D eigenvalue weighted by Gasteiger charge is -2.24. The van der Waals surface area contributed by atoms with Gasteiger partial charge in [0.25, 0.3) is 0 Å². The van der Waals surface area contributed by atoms with Crippen molar-refractivity contribution in [3.05, 3.63) is 34.9 Å². The molecule has 0 unspecified atom stereocenters. The first kappa shape index (κ1) is 14.5. The number of ketones is 1. The van der Waals surface area contributed by atoms with Gasteiger partial charge in [0.05, 0.1) is 12.5 Å². The maximum absolute atomic E-state index is 11.9. The Kier molecular flexibility index (Phi) is 5.37. The molecule has 0 radical (unpaired) electrons. The zero-order valence-electron chi connectivity index (χ0n) is 11.3. The Hall–Kier alpha value is -0.900. The van der Waals surface area contributed by atoms with Gasteiger partial charge in [-0.25, -0.2) is 0 Å². The summed E-state index contributed by atoms with van der Waals surface area (Å²) in [7, 11) is 0. The minimum atomic E-state index is -0.0737. The summed E-state index contributed by atoms with van der Waals surface area (Å²) in [5.41, 5.74) is 1.04. The van der Waals surface area contributed by atoms with E-state index in [9.17, 15) is 4.79 Å². The van der Waals surface area contributed by atoms with E-state index in [0.717, 1.165) is 44.8 Å². The minimum absolute atomic E-state index is 0.0737. The average molecular weight is 282 g/mol. The van der Waals surface area contributed by atoms with Crippen molar-refractivity contribution in [2.45, 2.75) is 19.3 Å². The van der Waals surface area contributed by atoms with Crippen LogP contribution < -0.4 is 0 Å². The van der Waals surface area contributed by atoms with Crippen molar-refractivity contribution in [2.75, 3.05) is 32.8 Å². The fraction of sp³-hybridized carbons (Fsp3) is 0.533. The van der Waals surface area contributed by atoms with Crippen molar-refractivity contribution in [3.8, 4) is 0 Å². The summed E-state index contributed by atoms with van der Waals surface area (Å²) in [5, 5.41) is 0.703. The van der Waals surface area contributed by atoms with Gasteiger partial charge in [0.15, 0.2) is 0 Å². The lowest BCUT2D eigenvalue weighted by atomic mass is 9.95. The molecule has 0 N–H and O–H groups in total. The third-order valence-corrected chi connectivity index (χ3v) is 3.77. The molecular weight excluding hydrogens is 262 g/mol. The molecule has 2 rings (SSSR count). The Bertz CT molecular complexity index is 411. The van der Waals surface area contributed by atoms with E-state index >= 15 is 0 Å². The summed E-state index contributed by atoms with van der Waals surface area (Å²) < 4.78 is 5.44. The summed E-state index contributed by atoms with van der Waals surface area (Å²) >= 11 is 5.90. The molecule has 1 aliphatic rings. The molecule has 3 nitrogen and oxygen atoms in total. The number of hydrogen-bond donors (Lipinski definition) is 0. The fourth-order valence-electron chi connectivity index (χ4n) is 2.40. The van der Waals surface area contributed by atoms with E-state index in [-0.39, 0.29) is 11.7 Å². The SMILES string of the molecule is CC(=O)[C@@H](CN1CCCOCC1)c1ccc(Cl)cc1. The van der Waals surface area contributed by atoms with Crippen molar-refractivity contribution in [1.82, 2.24) is 4.90 Å². The highest BCUT2D eigenvalue weighted by molar-refractivity contribution is 6.30. The van der Waals surface area contributed by atoms with E-state index in [1.165, 1.54) is 0 Å². The van der Waals surface area contributed by atoms with Crippen LogP contribution in [0.3, 0.4) is 0 Å². The van der Waals surface area contributed by atoms with Crippen LogP contribution in [0.5, 0.6) is 0 Å². The lowest BCUT2D eigenvalue weighted by Crippen LogP contribution is -2.33. The highest BCUT2D eigenvalue weighted by atomic mass is 35.5. The van der Waals surface area contributed by atoms with Gasteiger partial charge in [0.1, 0.15) is 5.78 Å². The molecule has 4 heteroatoms. The van der Waals surface area contributed by atoms with Crippen LogP contribution in [0, 0.1) is 0 Å². The number of hydrogen-bond acceptors (Lipinski definition) is 3. The summed E-state index contributed by atoms with van der Waals surface area (Å²) in [6, 6.07) is 7.59. The van der Waals surface area contributed by atoms with Gasteiger partial charge in [-0.15, -0.1) is 0 Å². The number of carbonyl (C=O) groups excluding carboxylic acids is 1. The molecule has 0 bridgehead atoms. The number of benzene rings is 1. The van der Waals surface area contributed by atoms with E-state index in [4.69, 9.17) is 16.3 Å². The predicted molar refractivity (Wildman–Crippen MR) is 76.8 cm³/mol. The normalized spacial score (nSPS) is 18.8. The van der Waals surface area contributed by atoms with Crippen molar-refractivity contribution in [2.24, 2.45) is 0 Å². The molecule has 1 aromatic carbocycles. The number of halogens is 1. The van der Waals surface area contributed by atoms with Crippen molar-refractivity contribution in [3.63, 3.8) is 0 Å². The van der Waals surface area contributed by atoms with Gasteiger partial charge >= 0.3 is 0 Å². The standard InChI is InChI=1S/C15H20ClNO2/c1-12(18)15(13-3-5-14(16)6-4-13)11-17-7-2-9-19-10-8-17/h3-6,15H,2,7-11H2,1H3/t15-/m1/s1. The predicted octanol–water partition coefficient (Wildman–Crippen LogP) is 2.73. The fourth-order valence-corrected chi connectivity index (χ4v) is 2.53. The molecule has 1 fully saturated rings. The molecule has 1 saturated heterocycles. The van der Waals surface area contributed by atoms with Crippen LogP contribution in [0.1, 0.15) is 24.8 Å². The molecule has 0 amide bonds. The Morgan fingerprint density at radius 1 is 1.32 bits per heavy atom. The van der Waals surface area contributed by atoms with Crippen molar-refractivity contribution in [1.29, 1.82) is 0 Å². The summed E-state index contributed by atoms with van der Waals surface area (Å²) in [5.74, 6) is 0.128. The summed E-state index contributed by atoms with van der Waals surface area (Å²) in [6.07, 6.45) is 1.03. The maximum Gasteiger partial charge on any atom is 0.138 e. The molecule has 1 aromatic rings. The topological polar surface area (TPSA) is 29.5 Å². The second-order valence-electron chi connectivity index (χ2n) is 4.98. The van der Waals surface area contributed by atoms with Crippen LogP contribution >= 0.6 is 11.6 Å². The van der Waals surface area contributed by atoms with Gasteiger partial charge in [-0.3, -0.25) is 9.69 Å². The smallest absolute Gasteiger partial charge is 0.138 e. The number of nitrogens with zero attached hydrogens (tertiary/aromatic N) is 1. The van der Waals surface area contributed by atoms with Crippen LogP contribution in [0.2, 0.25) is 5.02 Å².